The molecule has 0 atom stereocenters. The number of hydrogen-bond donors (Lipinski definition) is 2. The largest absolute Gasteiger partial charge is 0.493 e. The van der Waals surface area contributed by atoms with Gasteiger partial charge in [0.1, 0.15) is 16.7 Å². The second-order valence-corrected chi connectivity index (χ2v) is 5.89. The molecule has 4 rings (SSSR count). The molecule has 4 aromatic rings. The first-order chi connectivity index (χ1) is 12.5. The zero-order chi connectivity index (χ0) is 18.4. The number of anilines is 1. The number of nitrogens with one attached hydrogen (secondary N) is 1. The summed E-state index contributed by atoms with van der Waals surface area (Å²) in [7, 11) is 3.09. The number of pyridine rings is 2. The Morgan fingerprint density at radius 2 is 1.92 bits per heavy atom. The van der Waals surface area contributed by atoms with Crippen LogP contribution in [0.3, 0.4) is 0 Å². The average molecular weight is 351 g/mol. The number of nitrogens with zero attached hydrogens (tertiary/aromatic N) is 3. The minimum atomic E-state index is -0.315. The van der Waals surface area contributed by atoms with Gasteiger partial charge in [-0.05, 0) is 24.6 Å². The number of fused-ring (bicyclic) bond motifs is 3. The van der Waals surface area contributed by atoms with Crippen LogP contribution in [0.5, 0.6) is 11.5 Å². The van der Waals surface area contributed by atoms with Crippen LogP contribution in [0.2, 0.25) is 0 Å². The van der Waals surface area contributed by atoms with Crippen molar-refractivity contribution < 1.29 is 9.47 Å². The van der Waals surface area contributed by atoms with E-state index in [9.17, 15) is 4.79 Å². The van der Waals surface area contributed by atoms with E-state index in [0.29, 0.717) is 39.0 Å². The molecular formula is C18H17N5O3. The third-order valence-corrected chi connectivity index (χ3v) is 4.41. The van der Waals surface area contributed by atoms with Gasteiger partial charge in [-0.2, -0.15) is 5.10 Å². The molecule has 0 aliphatic rings. The van der Waals surface area contributed by atoms with Gasteiger partial charge in [0.15, 0.2) is 11.5 Å². The molecule has 8 heteroatoms. The fourth-order valence-electron chi connectivity index (χ4n) is 3.07. The van der Waals surface area contributed by atoms with E-state index >= 15 is 0 Å². The van der Waals surface area contributed by atoms with Crippen LogP contribution >= 0.6 is 0 Å². The predicted molar refractivity (Wildman–Crippen MR) is 99.2 cm³/mol. The number of aryl methyl sites for hydroxylation is 1. The third kappa shape index (κ3) is 2.19. The van der Waals surface area contributed by atoms with Crippen molar-refractivity contribution in [2.24, 2.45) is 0 Å². The minimum Gasteiger partial charge on any atom is -0.493 e. The van der Waals surface area contributed by atoms with Gasteiger partial charge in [-0.25, -0.2) is 4.68 Å². The van der Waals surface area contributed by atoms with Crippen LogP contribution in [0, 0.1) is 6.92 Å². The SMILES string of the molecule is COc1cc2[nH]c(=O)c3c(N)n(-c4cnccc4C)nc3c2cc1OC. The average Bonchev–Trinajstić information content (AvgIpc) is 2.99. The van der Waals surface area contributed by atoms with Crippen molar-refractivity contribution >= 4 is 27.6 Å². The lowest BCUT2D eigenvalue weighted by Gasteiger charge is -2.09. The molecule has 0 bridgehead atoms. The number of ether oxygens (including phenoxy) is 2. The molecule has 3 N–H and O–H groups in total. The predicted octanol–water partition coefficient (Wildman–Crippen LogP) is 2.17. The highest BCUT2D eigenvalue weighted by Crippen LogP contribution is 2.35. The number of aromatic amines is 1. The lowest BCUT2D eigenvalue weighted by molar-refractivity contribution is 0.356. The van der Waals surface area contributed by atoms with E-state index in [0.717, 1.165) is 5.56 Å². The lowest BCUT2D eigenvalue weighted by atomic mass is 10.1. The van der Waals surface area contributed by atoms with Crippen molar-refractivity contribution in [3.63, 3.8) is 0 Å². The summed E-state index contributed by atoms with van der Waals surface area (Å²) in [5.41, 5.74) is 8.68. The van der Waals surface area contributed by atoms with Gasteiger partial charge in [0, 0.05) is 17.6 Å². The lowest BCUT2D eigenvalue weighted by Crippen LogP contribution is -2.09. The number of rotatable bonds is 3. The first-order valence-electron chi connectivity index (χ1n) is 7.92. The maximum absolute atomic E-state index is 12.6. The molecule has 0 radical (unpaired) electrons. The molecule has 0 spiro atoms. The highest BCUT2D eigenvalue weighted by molar-refractivity contribution is 6.07. The number of benzene rings is 1. The molecule has 1 aromatic carbocycles. The molecule has 3 heterocycles. The smallest absolute Gasteiger partial charge is 0.261 e. The Morgan fingerprint density at radius 3 is 2.62 bits per heavy atom. The van der Waals surface area contributed by atoms with Gasteiger partial charge in [-0.1, -0.05) is 0 Å². The van der Waals surface area contributed by atoms with Gasteiger partial charge in [0.2, 0.25) is 0 Å². The van der Waals surface area contributed by atoms with Gasteiger partial charge < -0.3 is 20.2 Å². The monoisotopic (exact) mass is 351 g/mol. The highest BCUT2D eigenvalue weighted by atomic mass is 16.5. The summed E-state index contributed by atoms with van der Waals surface area (Å²) in [6, 6.07) is 5.34. The van der Waals surface area contributed by atoms with E-state index in [2.05, 4.69) is 15.1 Å². The summed E-state index contributed by atoms with van der Waals surface area (Å²) in [4.78, 5) is 19.6. The van der Waals surface area contributed by atoms with Crippen LogP contribution in [0.4, 0.5) is 5.82 Å². The van der Waals surface area contributed by atoms with E-state index in [-0.39, 0.29) is 11.4 Å². The summed E-state index contributed by atoms with van der Waals surface area (Å²) in [6.45, 7) is 1.93. The topological polar surface area (TPSA) is 108 Å². The Balaban J connectivity index is 2.13. The van der Waals surface area contributed by atoms with Crippen LogP contribution in [-0.4, -0.2) is 34.0 Å². The summed E-state index contributed by atoms with van der Waals surface area (Å²) < 4.78 is 12.2. The van der Waals surface area contributed by atoms with E-state index in [1.807, 2.05) is 13.0 Å². The van der Waals surface area contributed by atoms with Crippen LogP contribution in [0.1, 0.15) is 5.56 Å². The second kappa shape index (κ2) is 5.76. The molecule has 132 valence electrons. The van der Waals surface area contributed by atoms with Crippen molar-refractivity contribution in [1.29, 1.82) is 0 Å². The molecule has 0 unspecified atom stereocenters. The Morgan fingerprint density at radius 1 is 1.19 bits per heavy atom. The third-order valence-electron chi connectivity index (χ3n) is 4.41. The van der Waals surface area contributed by atoms with Crippen LogP contribution in [-0.2, 0) is 0 Å². The number of nitrogen functional groups attached to an aromatic ring is 1. The molecule has 0 aliphatic carbocycles. The van der Waals surface area contributed by atoms with Gasteiger partial charge in [0.25, 0.3) is 5.56 Å². The Labute approximate surface area is 148 Å². The molecule has 8 nitrogen and oxygen atoms in total. The van der Waals surface area contributed by atoms with Crippen molar-refractivity contribution in [3.05, 3.63) is 46.5 Å². The van der Waals surface area contributed by atoms with Gasteiger partial charge in [-0.15, -0.1) is 0 Å². The van der Waals surface area contributed by atoms with E-state index in [1.165, 1.54) is 7.11 Å². The molecule has 0 saturated carbocycles. The summed E-state index contributed by atoms with van der Waals surface area (Å²) in [6.07, 6.45) is 3.36. The minimum absolute atomic E-state index is 0.258. The number of H-pyrrole nitrogens is 1. The highest BCUT2D eigenvalue weighted by Gasteiger charge is 2.19. The van der Waals surface area contributed by atoms with Crippen molar-refractivity contribution in [2.75, 3.05) is 20.0 Å². The Kier molecular flexibility index (Phi) is 3.54. The summed E-state index contributed by atoms with van der Waals surface area (Å²) in [5, 5.41) is 5.64. The van der Waals surface area contributed by atoms with Crippen LogP contribution in [0.25, 0.3) is 27.5 Å². The fraction of sp³-hybridized carbons (Fsp3) is 0.167. The summed E-state index contributed by atoms with van der Waals surface area (Å²) >= 11 is 0. The van der Waals surface area contributed by atoms with Crippen LogP contribution in [0.15, 0.2) is 35.4 Å². The zero-order valence-corrected chi connectivity index (χ0v) is 14.5. The molecule has 0 fully saturated rings. The van der Waals surface area contributed by atoms with E-state index < -0.39 is 0 Å². The van der Waals surface area contributed by atoms with Gasteiger partial charge in [-0.3, -0.25) is 9.78 Å². The first kappa shape index (κ1) is 15.9. The Hall–Kier alpha value is -3.55. The van der Waals surface area contributed by atoms with E-state index in [1.54, 1.807) is 36.3 Å². The van der Waals surface area contributed by atoms with Gasteiger partial charge in [0.05, 0.1) is 31.6 Å². The maximum Gasteiger partial charge on any atom is 0.261 e. The number of aromatic nitrogens is 4. The number of nitrogens with two attached hydrogens (primary N) is 1. The fourth-order valence-corrected chi connectivity index (χ4v) is 3.07. The van der Waals surface area contributed by atoms with Crippen LogP contribution < -0.4 is 20.8 Å². The Bertz CT molecular complexity index is 1210. The normalized spacial score (nSPS) is 11.2. The number of methoxy groups -OCH3 is 2. The summed E-state index contributed by atoms with van der Waals surface area (Å²) in [5.74, 6) is 1.32. The number of hydrogen-bond acceptors (Lipinski definition) is 6. The molecule has 0 aliphatic heterocycles. The maximum atomic E-state index is 12.6. The van der Waals surface area contributed by atoms with Crippen molar-refractivity contribution in [1.82, 2.24) is 19.7 Å². The van der Waals surface area contributed by atoms with Gasteiger partial charge >= 0.3 is 0 Å². The first-order valence-corrected chi connectivity index (χ1v) is 7.92. The van der Waals surface area contributed by atoms with E-state index in [4.69, 9.17) is 15.2 Å². The second-order valence-electron chi connectivity index (χ2n) is 5.89. The molecule has 26 heavy (non-hydrogen) atoms. The molecular weight excluding hydrogens is 334 g/mol. The zero-order valence-electron chi connectivity index (χ0n) is 14.5. The van der Waals surface area contributed by atoms with Crippen molar-refractivity contribution in [3.8, 4) is 17.2 Å². The molecule has 3 aromatic heterocycles. The standard InChI is InChI=1S/C18H17N5O3/c1-9-4-5-20-8-12(9)23-17(19)15-16(22-23)10-6-13(25-2)14(26-3)7-11(10)21-18(15)24/h4-8H,19H2,1-3H3,(H,21,24). The molecule has 0 amide bonds. The van der Waals surface area contributed by atoms with Crippen molar-refractivity contribution in [2.45, 2.75) is 6.92 Å². The molecule has 0 saturated heterocycles. The quantitative estimate of drug-likeness (QED) is 0.586.